The monoisotopic (exact) mass is 475 g/mol. The van der Waals surface area contributed by atoms with Crippen molar-refractivity contribution < 1.29 is 24.2 Å². The number of methoxy groups -OCH3 is 2. The largest absolute Gasteiger partial charge is 0.479 e. The van der Waals surface area contributed by atoms with Crippen molar-refractivity contribution in [1.82, 2.24) is 5.32 Å². The maximum absolute atomic E-state index is 11.4. The van der Waals surface area contributed by atoms with E-state index in [0.29, 0.717) is 10.7 Å². The molecule has 0 unspecified atom stereocenters. The van der Waals surface area contributed by atoms with Gasteiger partial charge in [0.1, 0.15) is 11.9 Å². The zero-order valence-electron chi connectivity index (χ0n) is 18.0. The molecule has 3 rings (SSSR count). The van der Waals surface area contributed by atoms with Crippen LogP contribution in [0.4, 0.5) is 11.4 Å². The van der Waals surface area contributed by atoms with E-state index in [4.69, 9.17) is 25.8 Å². The number of fused-ring (bicyclic) bond motifs is 1. The van der Waals surface area contributed by atoms with Crippen molar-refractivity contribution in [2.45, 2.75) is 31.0 Å². The molecule has 0 bridgehead atoms. The molecule has 3 N–H and O–H groups in total. The molecule has 0 spiro atoms. The van der Waals surface area contributed by atoms with Crippen molar-refractivity contribution in [3.63, 3.8) is 0 Å². The van der Waals surface area contributed by atoms with Gasteiger partial charge in [0.25, 0.3) is 5.69 Å². The van der Waals surface area contributed by atoms with Crippen LogP contribution in [0.25, 0.3) is 0 Å². The van der Waals surface area contributed by atoms with E-state index in [1.54, 1.807) is 37.4 Å². The van der Waals surface area contributed by atoms with Crippen molar-refractivity contribution in [1.29, 1.82) is 5.26 Å². The van der Waals surface area contributed by atoms with Crippen LogP contribution in [0.1, 0.15) is 18.5 Å². The summed E-state index contributed by atoms with van der Waals surface area (Å²) in [4.78, 5) is 14.5. The van der Waals surface area contributed by atoms with Crippen molar-refractivity contribution in [2.75, 3.05) is 19.5 Å². The van der Waals surface area contributed by atoms with Crippen LogP contribution in [0, 0.1) is 21.6 Å². The molecular weight excluding hydrogens is 454 g/mol. The summed E-state index contributed by atoms with van der Waals surface area (Å²) in [5, 5.41) is 38.1. The minimum absolute atomic E-state index is 0.0391. The fourth-order valence-electron chi connectivity index (χ4n) is 3.68. The Morgan fingerprint density at radius 3 is 2.67 bits per heavy atom. The number of hydrogen-bond donors (Lipinski definition) is 3. The van der Waals surface area contributed by atoms with Gasteiger partial charge in [-0.2, -0.15) is 5.26 Å². The van der Waals surface area contributed by atoms with Gasteiger partial charge in [-0.15, -0.1) is 4.99 Å². The zero-order valence-corrected chi connectivity index (χ0v) is 18.7. The molecule has 0 radical (unpaired) electrons. The minimum Gasteiger partial charge on any atom is -0.479 e. The Balaban J connectivity index is 2.07. The second-order valence-electron chi connectivity index (χ2n) is 7.30. The SMILES string of the molecule is COC(OC)[C@@]1(C)Oc2ccc([N+](=O)[O-])cc2[C@H](NC(=NC#N)Nc2ccccc2Cl)[C@H]1O. The summed E-state index contributed by atoms with van der Waals surface area (Å²) < 4.78 is 16.7. The highest BCUT2D eigenvalue weighted by molar-refractivity contribution is 6.33. The normalized spacial score (nSPS) is 22.2. The summed E-state index contributed by atoms with van der Waals surface area (Å²) in [5.41, 5.74) is -0.887. The average Bonchev–Trinajstić information content (AvgIpc) is 2.79. The Hall–Kier alpha value is -3.43. The molecule has 2 aromatic carbocycles. The minimum atomic E-state index is -1.42. The number of nitrogens with zero attached hydrogens (tertiary/aromatic N) is 3. The quantitative estimate of drug-likeness (QED) is 0.143. The molecule has 12 heteroatoms. The van der Waals surface area contributed by atoms with Crippen LogP contribution < -0.4 is 15.4 Å². The number of ether oxygens (including phenoxy) is 3. The Labute approximate surface area is 194 Å². The van der Waals surface area contributed by atoms with Gasteiger partial charge in [-0.1, -0.05) is 23.7 Å². The van der Waals surface area contributed by atoms with E-state index in [-0.39, 0.29) is 23.0 Å². The third-order valence-corrected chi connectivity index (χ3v) is 5.58. The topological polar surface area (TPSA) is 151 Å². The molecule has 1 aliphatic heterocycles. The van der Waals surface area contributed by atoms with Gasteiger partial charge in [-0.3, -0.25) is 10.1 Å². The highest BCUT2D eigenvalue weighted by Crippen LogP contribution is 2.43. The number of guanidine groups is 1. The first-order valence-electron chi connectivity index (χ1n) is 9.71. The second-order valence-corrected chi connectivity index (χ2v) is 7.71. The van der Waals surface area contributed by atoms with Gasteiger partial charge >= 0.3 is 0 Å². The van der Waals surface area contributed by atoms with Gasteiger partial charge in [0.15, 0.2) is 11.9 Å². The molecule has 1 aliphatic rings. The number of aliphatic hydroxyl groups excluding tert-OH is 1. The van der Waals surface area contributed by atoms with Crippen LogP contribution in [0.3, 0.4) is 0 Å². The number of benzene rings is 2. The Bertz CT molecular complexity index is 1100. The number of nitro benzene ring substituents is 1. The number of anilines is 1. The first kappa shape index (κ1) is 24.2. The van der Waals surface area contributed by atoms with Crippen LogP contribution in [0.5, 0.6) is 5.75 Å². The summed E-state index contributed by atoms with van der Waals surface area (Å²) in [6.45, 7) is 1.58. The van der Waals surface area contributed by atoms with Gasteiger partial charge < -0.3 is 30.0 Å². The highest BCUT2D eigenvalue weighted by Gasteiger charge is 2.52. The van der Waals surface area contributed by atoms with Crippen LogP contribution in [-0.4, -0.2) is 48.2 Å². The lowest BCUT2D eigenvalue weighted by atomic mass is 9.84. The number of non-ortho nitro benzene ring substituents is 1. The van der Waals surface area contributed by atoms with Crippen LogP contribution in [0.2, 0.25) is 5.02 Å². The lowest BCUT2D eigenvalue weighted by Crippen LogP contribution is -2.62. The van der Waals surface area contributed by atoms with Crippen molar-refractivity contribution >= 4 is 28.9 Å². The number of nitrogens with one attached hydrogen (secondary N) is 2. The molecule has 11 nitrogen and oxygen atoms in total. The van der Waals surface area contributed by atoms with E-state index >= 15 is 0 Å². The zero-order chi connectivity index (χ0) is 24.2. The van der Waals surface area contributed by atoms with E-state index in [2.05, 4.69) is 15.6 Å². The number of hydrogen-bond acceptors (Lipinski definition) is 8. The molecule has 0 amide bonds. The number of nitriles is 1. The van der Waals surface area contributed by atoms with Crippen molar-refractivity contribution in [2.24, 2.45) is 4.99 Å². The fourth-order valence-corrected chi connectivity index (χ4v) is 3.86. The lowest BCUT2D eigenvalue weighted by Gasteiger charge is -2.46. The first-order valence-corrected chi connectivity index (χ1v) is 10.1. The third kappa shape index (κ3) is 4.84. The van der Waals surface area contributed by atoms with E-state index < -0.39 is 29.0 Å². The molecule has 0 aliphatic carbocycles. The van der Waals surface area contributed by atoms with Crippen LogP contribution in [0.15, 0.2) is 47.5 Å². The molecule has 3 atom stereocenters. The number of nitro groups is 1. The third-order valence-electron chi connectivity index (χ3n) is 5.25. The number of para-hydroxylation sites is 1. The van der Waals surface area contributed by atoms with E-state index in [0.717, 1.165) is 0 Å². The molecule has 1 heterocycles. The summed E-state index contributed by atoms with van der Waals surface area (Å²) in [6.07, 6.45) is -0.665. The van der Waals surface area contributed by atoms with Crippen molar-refractivity contribution in [3.05, 3.63) is 63.2 Å². The summed E-state index contributed by atoms with van der Waals surface area (Å²) in [7, 11) is 2.79. The van der Waals surface area contributed by atoms with Gasteiger partial charge in [0.05, 0.1) is 21.7 Å². The molecule has 2 aromatic rings. The molecule has 0 saturated carbocycles. The Morgan fingerprint density at radius 2 is 2.06 bits per heavy atom. The van der Waals surface area contributed by atoms with Crippen LogP contribution in [-0.2, 0) is 9.47 Å². The first-order chi connectivity index (χ1) is 15.7. The van der Waals surface area contributed by atoms with Gasteiger partial charge in [-0.05, 0) is 25.1 Å². The second kappa shape index (κ2) is 10.0. The number of aliphatic imine (C=N–C) groups is 1. The smallest absolute Gasteiger partial charge is 0.270 e. The molecular formula is C21H22ClN5O6. The molecule has 0 saturated heterocycles. The average molecular weight is 476 g/mol. The highest BCUT2D eigenvalue weighted by atomic mass is 35.5. The molecule has 0 aromatic heterocycles. The van der Waals surface area contributed by atoms with E-state index in [1.807, 2.05) is 0 Å². The molecule has 174 valence electrons. The van der Waals surface area contributed by atoms with Gasteiger partial charge in [0, 0.05) is 31.9 Å². The number of rotatable bonds is 6. The Kier molecular flexibility index (Phi) is 7.35. The fraction of sp³-hybridized carbons (Fsp3) is 0.333. The molecule has 33 heavy (non-hydrogen) atoms. The van der Waals surface area contributed by atoms with E-state index in [1.165, 1.54) is 32.4 Å². The maximum Gasteiger partial charge on any atom is 0.270 e. The van der Waals surface area contributed by atoms with Gasteiger partial charge in [-0.25, -0.2) is 0 Å². The molecule has 0 fully saturated rings. The standard InChI is InChI=1S/C21H22ClN5O6/c1-21(19(31-2)32-3)18(28)17(13-10-12(27(29)30)8-9-16(13)33-21)26-20(24-11-23)25-15-7-5-4-6-14(15)22/h4-10,17-19,28H,1-3H3,(H2,24,25,26)/t17-,18+,21-/m0/s1. The maximum atomic E-state index is 11.4. The predicted octanol–water partition coefficient (Wildman–Crippen LogP) is 2.96. The van der Waals surface area contributed by atoms with Crippen LogP contribution >= 0.6 is 11.6 Å². The van der Waals surface area contributed by atoms with Gasteiger partial charge in [0.2, 0.25) is 12.2 Å². The predicted molar refractivity (Wildman–Crippen MR) is 120 cm³/mol. The van der Waals surface area contributed by atoms with Crippen molar-refractivity contribution in [3.8, 4) is 11.9 Å². The van der Waals surface area contributed by atoms with E-state index in [9.17, 15) is 20.5 Å². The summed E-state index contributed by atoms with van der Waals surface area (Å²) >= 11 is 6.20. The summed E-state index contributed by atoms with van der Waals surface area (Å²) in [5.74, 6) is 0.224. The number of aliphatic hydroxyl groups is 1. The number of halogens is 1. The Morgan fingerprint density at radius 1 is 1.36 bits per heavy atom. The summed E-state index contributed by atoms with van der Waals surface area (Å²) in [6, 6.07) is 9.78. The lowest BCUT2D eigenvalue weighted by molar-refractivity contribution is -0.385.